The monoisotopic (exact) mass is 339 g/mol. The van der Waals surface area contributed by atoms with E-state index in [9.17, 15) is 14.0 Å². The van der Waals surface area contributed by atoms with Crippen LogP contribution in [0.2, 0.25) is 0 Å². The molecule has 0 saturated heterocycles. The minimum atomic E-state index is -0.936. The Hall–Kier alpha value is -1.99. The molecule has 0 fully saturated rings. The van der Waals surface area contributed by atoms with E-state index in [-0.39, 0.29) is 5.82 Å². The highest BCUT2D eigenvalue weighted by Gasteiger charge is 2.23. The molecule has 1 atom stereocenters. The molecule has 0 unspecified atom stereocenters. The fourth-order valence-electron chi connectivity index (χ4n) is 2.14. The van der Waals surface area contributed by atoms with E-state index in [4.69, 9.17) is 9.47 Å². The largest absolute Gasteiger partial charge is 0.448 e. The molecule has 0 bridgehead atoms. The molecule has 5 nitrogen and oxygen atoms in total. The van der Waals surface area contributed by atoms with Crippen LogP contribution in [-0.4, -0.2) is 38.2 Å². The number of aryl methyl sites for hydroxylation is 1. The van der Waals surface area contributed by atoms with Gasteiger partial charge < -0.3 is 14.8 Å². The zero-order valence-electron chi connectivity index (χ0n) is 13.1. The van der Waals surface area contributed by atoms with Gasteiger partial charge in [0.1, 0.15) is 10.7 Å². The predicted molar refractivity (Wildman–Crippen MR) is 86.3 cm³/mol. The topological polar surface area (TPSA) is 64.6 Å². The van der Waals surface area contributed by atoms with E-state index < -0.39 is 18.0 Å². The van der Waals surface area contributed by atoms with Gasteiger partial charge in [-0.05, 0) is 31.5 Å². The maximum Gasteiger partial charge on any atom is 0.349 e. The van der Waals surface area contributed by atoms with E-state index in [0.717, 1.165) is 11.3 Å². The normalized spacial score (nSPS) is 12.2. The molecule has 2 aromatic rings. The molecule has 124 valence electrons. The Morgan fingerprint density at radius 1 is 1.39 bits per heavy atom. The molecule has 0 aliphatic rings. The number of thiophene rings is 1. The van der Waals surface area contributed by atoms with Crippen molar-refractivity contribution in [2.45, 2.75) is 20.0 Å². The number of carbonyl (C=O) groups excluding carboxylic acids is 2. The second kappa shape index (κ2) is 7.52. The summed E-state index contributed by atoms with van der Waals surface area (Å²) in [6, 6.07) is 4.69. The average molecular weight is 339 g/mol. The number of methoxy groups -OCH3 is 1. The number of hydrogen-bond donors (Lipinski definition) is 1. The summed E-state index contributed by atoms with van der Waals surface area (Å²) >= 11 is 1.16. The highest BCUT2D eigenvalue weighted by atomic mass is 32.1. The van der Waals surface area contributed by atoms with Gasteiger partial charge in [-0.3, -0.25) is 4.79 Å². The van der Waals surface area contributed by atoms with Crippen LogP contribution in [0.15, 0.2) is 18.2 Å². The second-order valence-electron chi connectivity index (χ2n) is 5.00. The molecule has 0 spiro atoms. The van der Waals surface area contributed by atoms with Crippen molar-refractivity contribution >= 4 is 33.3 Å². The number of rotatable bonds is 6. The van der Waals surface area contributed by atoms with Crippen LogP contribution in [0.1, 0.15) is 22.2 Å². The van der Waals surface area contributed by atoms with Crippen molar-refractivity contribution in [3.63, 3.8) is 0 Å². The van der Waals surface area contributed by atoms with Gasteiger partial charge in [0.25, 0.3) is 5.91 Å². The van der Waals surface area contributed by atoms with Crippen LogP contribution in [0.25, 0.3) is 10.1 Å². The molecule has 0 aliphatic heterocycles. The molecule has 1 aromatic heterocycles. The van der Waals surface area contributed by atoms with E-state index in [0.29, 0.717) is 33.7 Å². The van der Waals surface area contributed by atoms with Crippen molar-refractivity contribution in [3.05, 3.63) is 34.5 Å². The Labute approximate surface area is 137 Å². The van der Waals surface area contributed by atoms with Crippen molar-refractivity contribution in [2.75, 3.05) is 20.3 Å². The zero-order valence-corrected chi connectivity index (χ0v) is 14.0. The van der Waals surface area contributed by atoms with Gasteiger partial charge in [0.2, 0.25) is 0 Å². The van der Waals surface area contributed by atoms with Gasteiger partial charge in [-0.1, -0.05) is 6.07 Å². The van der Waals surface area contributed by atoms with Crippen molar-refractivity contribution in [1.29, 1.82) is 0 Å². The van der Waals surface area contributed by atoms with Crippen LogP contribution in [0.5, 0.6) is 0 Å². The summed E-state index contributed by atoms with van der Waals surface area (Å²) in [5, 5.41) is 3.01. The molecule has 0 saturated carbocycles. The van der Waals surface area contributed by atoms with Crippen molar-refractivity contribution in [3.8, 4) is 0 Å². The van der Waals surface area contributed by atoms with Gasteiger partial charge >= 0.3 is 5.97 Å². The van der Waals surface area contributed by atoms with E-state index in [1.54, 1.807) is 19.1 Å². The lowest BCUT2D eigenvalue weighted by Crippen LogP contribution is -2.37. The van der Waals surface area contributed by atoms with E-state index in [1.807, 2.05) is 0 Å². The number of fused-ring (bicyclic) bond motifs is 1. The molecule has 7 heteroatoms. The third kappa shape index (κ3) is 3.86. The van der Waals surface area contributed by atoms with Gasteiger partial charge in [0.15, 0.2) is 6.10 Å². The van der Waals surface area contributed by atoms with Gasteiger partial charge in [0, 0.05) is 23.7 Å². The van der Waals surface area contributed by atoms with Gasteiger partial charge in [-0.15, -0.1) is 11.3 Å². The van der Waals surface area contributed by atoms with Crippen molar-refractivity contribution in [1.82, 2.24) is 5.32 Å². The molecule has 1 amide bonds. The second-order valence-corrected chi connectivity index (χ2v) is 6.05. The molecule has 0 radical (unpaired) electrons. The van der Waals surface area contributed by atoms with Gasteiger partial charge in [-0.25, -0.2) is 9.18 Å². The number of amides is 1. The molecular weight excluding hydrogens is 321 g/mol. The Morgan fingerprint density at radius 3 is 2.78 bits per heavy atom. The summed E-state index contributed by atoms with van der Waals surface area (Å²) < 4.78 is 24.5. The third-order valence-corrected chi connectivity index (χ3v) is 4.58. The Bertz CT molecular complexity index is 728. The maximum atomic E-state index is 13.9. The lowest BCUT2D eigenvalue weighted by atomic mass is 10.1. The maximum absolute atomic E-state index is 13.9. The van der Waals surface area contributed by atoms with Crippen LogP contribution in [-0.2, 0) is 14.3 Å². The standard InChI is InChI=1S/C16H18FNO4S/c1-9-13-11(17)5-4-6-12(13)23-14(9)16(20)22-10(2)15(19)18-7-8-21-3/h4-6,10H,7-8H2,1-3H3,(H,18,19)/t10-/m1/s1. The first-order valence-corrected chi connectivity index (χ1v) is 7.92. The van der Waals surface area contributed by atoms with Crippen LogP contribution < -0.4 is 5.32 Å². The van der Waals surface area contributed by atoms with E-state index >= 15 is 0 Å². The first-order chi connectivity index (χ1) is 11.0. The number of carbonyl (C=O) groups is 2. The van der Waals surface area contributed by atoms with E-state index in [1.165, 1.54) is 20.1 Å². The molecule has 1 heterocycles. The summed E-state index contributed by atoms with van der Waals surface area (Å²) in [6.45, 7) is 3.87. The van der Waals surface area contributed by atoms with Gasteiger partial charge in [0.05, 0.1) is 6.61 Å². The number of ether oxygens (including phenoxy) is 2. The number of halogens is 1. The quantitative estimate of drug-likeness (QED) is 0.649. The highest BCUT2D eigenvalue weighted by Crippen LogP contribution is 2.33. The van der Waals surface area contributed by atoms with Crippen LogP contribution in [0.3, 0.4) is 0 Å². The Morgan fingerprint density at radius 2 is 2.13 bits per heavy atom. The average Bonchev–Trinajstić information content (AvgIpc) is 2.85. The van der Waals surface area contributed by atoms with Crippen LogP contribution in [0.4, 0.5) is 4.39 Å². The molecule has 1 N–H and O–H groups in total. The van der Waals surface area contributed by atoms with Crippen molar-refractivity contribution in [2.24, 2.45) is 0 Å². The predicted octanol–water partition coefficient (Wildman–Crippen LogP) is 2.66. The minimum Gasteiger partial charge on any atom is -0.448 e. The molecule has 23 heavy (non-hydrogen) atoms. The number of benzene rings is 1. The molecule has 0 aliphatic carbocycles. The SMILES string of the molecule is COCCNC(=O)[C@@H](C)OC(=O)c1sc2cccc(F)c2c1C. The van der Waals surface area contributed by atoms with Gasteiger partial charge in [-0.2, -0.15) is 0 Å². The van der Waals surface area contributed by atoms with E-state index in [2.05, 4.69) is 5.32 Å². The number of nitrogens with one attached hydrogen (secondary N) is 1. The number of hydrogen-bond acceptors (Lipinski definition) is 5. The Balaban J connectivity index is 2.10. The smallest absolute Gasteiger partial charge is 0.349 e. The summed E-state index contributed by atoms with van der Waals surface area (Å²) in [7, 11) is 1.53. The highest BCUT2D eigenvalue weighted by molar-refractivity contribution is 7.21. The van der Waals surface area contributed by atoms with Crippen LogP contribution in [0, 0.1) is 12.7 Å². The molecule has 1 aromatic carbocycles. The zero-order chi connectivity index (χ0) is 17.0. The first kappa shape index (κ1) is 17.4. The summed E-state index contributed by atoms with van der Waals surface area (Å²) in [5.74, 6) is -1.40. The molecule has 2 rings (SSSR count). The summed E-state index contributed by atoms with van der Waals surface area (Å²) in [4.78, 5) is 24.4. The summed E-state index contributed by atoms with van der Waals surface area (Å²) in [5.41, 5.74) is 0.528. The lowest BCUT2D eigenvalue weighted by Gasteiger charge is -2.13. The third-order valence-electron chi connectivity index (χ3n) is 3.35. The fraction of sp³-hybridized carbons (Fsp3) is 0.375. The minimum absolute atomic E-state index is 0.307. The number of esters is 1. The van der Waals surface area contributed by atoms with Crippen molar-refractivity contribution < 1.29 is 23.5 Å². The van der Waals surface area contributed by atoms with Crippen LogP contribution >= 0.6 is 11.3 Å². The molecular formula is C16H18FNO4S. The lowest BCUT2D eigenvalue weighted by molar-refractivity contribution is -0.129. The first-order valence-electron chi connectivity index (χ1n) is 7.11. The Kier molecular flexibility index (Phi) is 5.68. The summed E-state index contributed by atoms with van der Waals surface area (Å²) in [6.07, 6.45) is -0.936. The fourth-order valence-corrected chi connectivity index (χ4v) is 3.24.